The van der Waals surface area contributed by atoms with Crippen LogP contribution in [0.15, 0.2) is 6.20 Å². The van der Waals surface area contributed by atoms with E-state index in [2.05, 4.69) is 15.3 Å². The maximum absolute atomic E-state index is 12.2. The van der Waals surface area contributed by atoms with Crippen LogP contribution in [0.4, 0.5) is 4.79 Å². The van der Waals surface area contributed by atoms with Crippen LogP contribution in [-0.2, 0) is 16.1 Å². The number of imidazole rings is 1. The van der Waals surface area contributed by atoms with Gasteiger partial charge in [0.1, 0.15) is 11.9 Å². The highest BCUT2D eigenvalue weighted by molar-refractivity contribution is 6.05. The molecule has 1 aromatic rings. The second kappa shape index (κ2) is 6.59. The molecule has 8 nitrogen and oxygen atoms in total. The molecule has 4 amide bonds. The number of nitrogens with one attached hydrogen (secondary N) is 2. The van der Waals surface area contributed by atoms with Gasteiger partial charge >= 0.3 is 6.03 Å². The average molecular weight is 307 g/mol. The Balaban J connectivity index is 1.91. The second-order valence-electron chi connectivity index (χ2n) is 5.46. The van der Waals surface area contributed by atoms with E-state index in [-0.39, 0.29) is 18.2 Å². The van der Waals surface area contributed by atoms with E-state index in [0.29, 0.717) is 25.3 Å². The predicted molar refractivity (Wildman–Crippen MR) is 78.7 cm³/mol. The Bertz CT molecular complexity index is 583. The molecule has 1 aliphatic heterocycles. The summed E-state index contributed by atoms with van der Waals surface area (Å²) in [5, 5.41) is 2.56. The number of H-pyrrole nitrogens is 1. The zero-order valence-corrected chi connectivity index (χ0v) is 13.0. The van der Waals surface area contributed by atoms with Crippen molar-refractivity contribution in [1.29, 1.82) is 0 Å². The van der Waals surface area contributed by atoms with Crippen molar-refractivity contribution in [2.75, 3.05) is 13.6 Å². The summed E-state index contributed by atoms with van der Waals surface area (Å²) in [5.41, 5.74) is 0.921. The first-order valence-electron chi connectivity index (χ1n) is 7.28. The van der Waals surface area contributed by atoms with E-state index in [4.69, 9.17) is 0 Å². The molecule has 1 fully saturated rings. The molecule has 2 N–H and O–H groups in total. The van der Waals surface area contributed by atoms with Crippen LogP contribution in [0, 0.1) is 6.92 Å². The van der Waals surface area contributed by atoms with Crippen LogP contribution < -0.4 is 5.32 Å². The summed E-state index contributed by atoms with van der Waals surface area (Å²) in [4.78, 5) is 45.8. The van der Waals surface area contributed by atoms with Gasteiger partial charge < -0.3 is 15.2 Å². The standard InChI is InChI=1S/C14H21N5O3/c1-4-5-19-13(21)10(17-14(19)22)6-12(20)18(3)8-11-15-7-9(2)16-11/h7,10H,4-6,8H2,1-3H3,(H,15,16)(H,17,22)/t10-/m0/s1. The van der Waals surface area contributed by atoms with Crippen molar-refractivity contribution in [2.45, 2.75) is 39.3 Å². The highest BCUT2D eigenvalue weighted by Gasteiger charge is 2.38. The van der Waals surface area contributed by atoms with Gasteiger partial charge in [-0.3, -0.25) is 14.5 Å². The molecule has 0 aromatic carbocycles. The lowest BCUT2D eigenvalue weighted by Gasteiger charge is -2.17. The first-order chi connectivity index (χ1) is 10.4. The molecule has 0 spiro atoms. The number of imide groups is 1. The lowest BCUT2D eigenvalue weighted by Crippen LogP contribution is -2.37. The van der Waals surface area contributed by atoms with Crippen molar-refractivity contribution >= 4 is 17.8 Å². The SMILES string of the molecule is CCCN1C(=O)N[C@@H](CC(=O)N(C)Cc2ncc(C)[nH]2)C1=O. The summed E-state index contributed by atoms with van der Waals surface area (Å²) < 4.78 is 0. The number of urea groups is 1. The number of aromatic nitrogens is 2. The third-order valence-corrected chi connectivity index (χ3v) is 3.50. The van der Waals surface area contributed by atoms with Crippen molar-refractivity contribution in [3.05, 3.63) is 17.7 Å². The van der Waals surface area contributed by atoms with Crippen LogP contribution in [0.3, 0.4) is 0 Å². The molecular formula is C14H21N5O3. The van der Waals surface area contributed by atoms with Gasteiger partial charge in [-0.25, -0.2) is 9.78 Å². The van der Waals surface area contributed by atoms with Crippen LogP contribution in [0.1, 0.15) is 31.3 Å². The van der Waals surface area contributed by atoms with Gasteiger partial charge in [0.15, 0.2) is 0 Å². The lowest BCUT2D eigenvalue weighted by atomic mass is 10.2. The minimum absolute atomic E-state index is 0.0407. The molecule has 1 saturated heterocycles. The van der Waals surface area contributed by atoms with Gasteiger partial charge in [-0.05, 0) is 13.3 Å². The van der Waals surface area contributed by atoms with Gasteiger partial charge in [-0.15, -0.1) is 0 Å². The summed E-state index contributed by atoms with van der Waals surface area (Å²) in [7, 11) is 1.64. The van der Waals surface area contributed by atoms with E-state index in [9.17, 15) is 14.4 Å². The van der Waals surface area contributed by atoms with Crippen molar-refractivity contribution in [3.63, 3.8) is 0 Å². The smallest absolute Gasteiger partial charge is 0.324 e. The van der Waals surface area contributed by atoms with Crippen LogP contribution in [0.25, 0.3) is 0 Å². The molecule has 0 radical (unpaired) electrons. The Morgan fingerprint density at radius 2 is 2.18 bits per heavy atom. The molecule has 2 heterocycles. The number of amides is 4. The topological polar surface area (TPSA) is 98.4 Å². The Labute approximate surface area is 128 Å². The van der Waals surface area contributed by atoms with Crippen molar-refractivity contribution < 1.29 is 14.4 Å². The van der Waals surface area contributed by atoms with E-state index in [1.807, 2.05) is 13.8 Å². The van der Waals surface area contributed by atoms with Crippen molar-refractivity contribution in [2.24, 2.45) is 0 Å². The number of hydrogen-bond acceptors (Lipinski definition) is 4. The normalized spacial score (nSPS) is 17.8. The molecule has 2 rings (SSSR count). The van der Waals surface area contributed by atoms with Gasteiger partial charge in [-0.1, -0.05) is 6.92 Å². The van der Waals surface area contributed by atoms with E-state index in [1.165, 1.54) is 4.90 Å². The fourth-order valence-electron chi connectivity index (χ4n) is 2.34. The first kappa shape index (κ1) is 16.0. The minimum atomic E-state index is -0.771. The molecule has 1 atom stereocenters. The molecule has 8 heteroatoms. The van der Waals surface area contributed by atoms with Crippen LogP contribution in [-0.4, -0.2) is 57.2 Å². The maximum atomic E-state index is 12.2. The quantitative estimate of drug-likeness (QED) is 0.743. The van der Waals surface area contributed by atoms with E-state index in [1.54, 1.807) is 13.2 Å². The molecule has 0 unspecified atom stereocenters. The number of hydrogen-bond donors (Lipinski definition) is 2. The number of aryl methyl sites for hydroxylation is 1. The molecule has 0 saturated carbocycles. The first-order valence-corrected chi connectivity index (χ1v) is 7.28. The zero-order valence-electron chi connectivity index (χ0n) is 13.0. The largest absolute Gasteiger partial charge is 0.345 e. The molecule has 0 bridgehead atoms. The van der Waals surface area contributed by atoms with Gasteiger partial charge in [0.25, 0.3) is 5.91 Å². The average Bonchev–Trinajstić information content (AvgIpc) is 2.98. The van der Waals surface area contributed by atoms with Crippen LogP contribution in [0.2, 0.25) is 0 Å². The highest BCUT2D eigenvalue weighted by Crippen LogP contribution is 2.12. The number of nitrogens with zero attached hydrogens (tertiary/aromatic N) is 3. The van der Waals surface area contributed by atoms with Gasteiger partial charge in [0.2, 0.25) is 5.91 Å². The van der Waals surface area contributed by atoms with Gasteiger partial charge in [0.05, 0.1) is 13.0 Å². The summed E-state index contributed by atoms with van der Waals surface area (Å²) in [6.45, 7) is 4.47. The molecule has 22 heavy (non-hydrogen) atoms. The fraction of sp³-hybridized carbons (Fsp3) is 0.571. The van der Waals surface area contributed by atoms with E-state index < -0.39 is 12.1 Å². The predicted octanol–water partition coefficient (Wildman–Crippen LogP) is 0.397. The van der Waals surface area contributed by atoms with Crippen LogP contribution >= 0.6 is 0 Å². The number of carbonyl (C=O) groups is 3. The summed E-state index contributed by atoms with van der Waals surface area (Å²) in [5.74, 6) is 0.135. The third kappa shape index (κ3) is 3.44. The molecular weight excluding hydrogens is 286 g/mol. The Hall–Kier alpha value is -2.38. The molecule has 120 valence electrons. The third-order valence-electron chi connectivity index (χ3n) is 3.50. The summed E-state index contributed by atoms with van der Waals surface area (Å²) >= 11 is 0. The monoisotopic (exact) mass is 307 g/mol. The molecule has 1 aliphatic rings. The van der Waals surface area contributed by atoms with E-state index >= 15 is 0 Å². The van der Waals surface area contributed by atoms with E-state index in [0.717, 1.165) is 10.6 Å². The van der Waals surface area contributed by atoms with Crippen LogP contribution in [0.5, 0.6) is 0 Å². The number of rotatable bonds is 6. The number of carbonyl (C=O) groups excluding carboxylic acids is 3. The van der Waals surface area contributed by atoms with Gasteiger partial charge in [0, 0.05) is 25.5 Å². The highest BCUT2D eigenvalue weighted by atomic mass is 16.2. The summed E-state index contributed by atoms with van der Waals surface area (Å²) in [6, 6.07) is -1.19. The lowest BCUT2D eigenvalue weighted by molar-refractivity contribution is -0.135. The Morgan fingerprint density at radius 3 is 2.77 bits per heavy atom. The Morgan fingerprint density at radius 1 is 1.45 bits per heavy atom. The molecule has 1 aromatic heterocycles. The van der Waals surface area contributed by atoms with Crippen molar-refractivity contribution in [3.8, 4) is 0 Å². The van der Waals surface area contributed by atoms with Crippen molar-refractivity contribution in [1.82, 2.24) is 25.1 Å². The number of aromatic amines is 1. The van der Waals surface area contributed by atoms with Gasteiger partial charge in [-0.2, -0.15) is 0 Å². The maximum Gasteiger partial charge on any atom is 0.324 e. The Kier molecular flexibility index (Phi) is 4.79. The second-order valence-corrected chi connectivity index (χ2v) is 5.46. The fourth-order valence-corrected chi connectivity index (χ4v) is 2.34. The minimum Gasteiger partial charge on any atom is -0.345 e. The zero-order chi connectivity index (χ0) is 16.3. The summed E-state index contributed by atoms with van der Waals surface area (Å²) in [6.07, 6.45) is 2.34. The molecule has 0 aliphatic carbocycles.